The number of carbonyl (C=O) groups excluding carboxylic acids is 2. The third-order valence-corrected chi connectivity index (χ3v) is 6.11. The maximum atomic E-state index is 13.1. The smallest absolute Gasteiger partial charge is 0.336 e. The first-order chi connectivity index (χ1) is 18.6. The summed E-state index contributed by atoms with van der Waals surface area (Å²) in [4.78, 5) is 44.9. The second-order valence-corrected chi connectivity index (χ2v) is 8.95. The molecule has 0 aromatic heterocycles. The molecule has 0 spiro atoms. The van der Waals surface area contributed by atoms with E-state index in [-0.39, 0.29) is 6.61 Å². The fourth-order valence-electron chi connectivity index (χ4n) is 4.06. The fraction of sp³-hybridized carbons (Fsp3) is 0.429. The van der Waals surface area contributed by atoms with Crippen LogP contribution in [0.2, 0.25) is 5.02 Å². The summed E-state index contributed by atoms with van der Waals surface area (Å²) in [6, 6.07) is 7.24. The molecule has 0 aliphatic carbocycles. The van der Waals surface area contributed by atoms with Gasteiger partial charge in [0.05, 0.1) is 30.8 Å². The standard InChI is InChI=1S/C24H33ClN2O4.C4H4O4/c1-4-31-24(29)22-19(14-8-6-5-7-11-15-26)27-16(2)20(23(28)30-3)21(22)17-12-9-10-13-18(17)25;5-3(6)1-2-4(7)8/h9-10,12-13,21,27H,4-8,11,14-15,26H2,1-3H3;1-2H,(H,5,6)(H,7,8)/b;2-1+/t21-;/m1./s1. The minimum Gasteiger partial charge on any atom is -0.478 e. The van der Waals surface area contributed by atoms with Crippen molar-refractivity contribution in [3.63, 3.8) is 0 Å². The number of aliphatic carboxylic acids is 2. The highest BCUT2D eigenvalue weighted by Gasteiger charge is 2.39. The average Bonchev–Trinajstić information content (AvgIpc) is 2.89. The van der Waals surface area contributed by atoms with Gasteiger partial charge in [-0.15, -0.1) is 0 Å². The summed E-state index contributed by atoms with van der Waals surface area (Å²) in [7, 11) is 1.33. The molecule has 1 heterocycles. The van der Waals surface area contributed by atoms with Crippen LogP contribution in [0.25, 0.3) is 0 Å². The Morgan fingerprint density at radius 3 is 2.10 bits per heavy atom. The number of allylic oxidation sites excluding steroid dienone is 2. The lowest BCUT2D eigenvalue weighted by Crippen LogP contribution is -2.33. The molecule has 1 aliphatic heterocycles. The van der Waals surface area contributed by atoms with Gasteiger partial charge in [-0.2, -0.15) is 0 Å². The van der Waals surface area contributed by atoms with E-state index in [1.165, 1.54) is 7.11 Å². The number of esters is 2. The van der Waals surface area contributed by atoms with E-state index in [1.54, 1.807) is 13.0 Å². The molecule has 5 N–H and O–H groups in total. The number of halogens is 1. The highest BCUT2D eigenvalue weighted by molar-refractivity contribution is 6.31. The van der Waals surface area contributed by atoms with E-state index in [0.29, 0.717) is 52.5 Å². The molecule has 0 saturated heterocycles. The first-order valence-electron chi connectivity index (χ1n) is 12.6. The molecule has 1 atom stereocenters. The normalized spacial score (nSPS) is 14.8. The van der Waals surface area contributed by atoms with Gasteiger partial charge in [0, 0.05) is 28.6 Å². The van der Waals surface area contributed by atoms with Crippen molar-refractivity contribution in [1.82, 2.24) is 5.32 Å². The molecular formula is C28H37ClN2O8. The zero-order valence-corrected chi connectivity index (χ0v) is 23.3. The molecule has 10 nitrogen and oxygen atoms in total. The largest absolute Gasteiger partial charge is 0.478 e. The van der Waals surface area contributed by atoms with Crippen molar-refractivity contribution in [1.29, 1.82) is 0 Å². The van der Waals surface area contributed by atoms with Gasteiger partial charge in [-0.05, 0) is 51.3 Å². The second kappa shape index (κ2) is 17.8. The van der Waals surface area contributed by atoms with Crippen LogP contribution in [0.5, 0.6) is 0 Å². The van der Waals surface area contributed by atoms with Gasteiger partial charge in [0.15, 0.2) is 0 Å². The molecule has 1 aromatic rings. The van der Waals surface area contributed by atoms with Crippen molar-refractivity contribution in [2.45, 2.75) is 58.3 Å². The van der Waals surface area contributed by atoms with Gasteiger partial charge >= 0.3 is 23.9 Å². The lowest BCUT2D eigenvalue weighted by Gasteiger charge is -2.32. The van der Waals surface area contributed by atoms with Gasteiger partial charge in [-0.1, -0.05) is 49.1 Å². The van der Waals surface area contributed by atoms with Gasteiger partial charge in [0.25, 0.3) is 0 Å². The maximum Gasteiger partial charge on any atom is 0.336 e. The van der Waals surface area contributed by atoms with Crippen LogP contribution in [0.4, 0.5) is 0 Å². The summed E-state index contributed by atoms with van der Waals surface area (Å²) in [5.41, 5.74) is 8.45. The van der Waals surface area contributed by atoms with Crippen LogP contribution >= 0.6 is 11.6 Å². The van der Waals surface area contributed by atoms with E-state index < -0.39 is 29.8 Å². The zero-order chi connectivity index (χ0) is 29.4. The van der Waals surface area contributed by atoms with Crippen molar-refractivity contribution in [3.05, 3.63) is 69.5 Å². The quantitative estimate of drug-likeness (QED) is 0.154. The molecule has 0 unspecified atom stereocenters. The number of unbranched alkanes of at least 4 members (excludes halogenated alkanes) is 4. The number of nitrogens with two attached hydrogens (primary N) is 1. The Balaban J connectivity index is 0.000000824. The molecule has 39 heavy (non-hydrogen) atoms. The highest BCUT2D eigenvalue weighted by Crippen LogP contribution is 2.42. The summed E-state index contributed by atoms with van der Waals surface area (Å²) in [6.07, 6.45) is 6.94. The molecule has 214 valence electrons. The number of carbonyl (C=O) groups is 4. The minimum atomic E-state index is -1.26. The third-order valence-electron chi connectivity index (χ3n) is 5.76. The van der Waals surface area contributed by atoms with Gasteiger partial charge in [-0.25, -0.2) is 19.2 Å². The van der Waals surface area contributed by atoms with Crippen LogP contribution in [0, 0.1) is 0 Å². The predicted molar refractivity (Wildman–Crippen MR) is 147 cm³/mol. The van der Waals surface area contributed by atoms with Crippen LogP contribution in [0.15, 0.2) is 59.0 Å². The Bertz CT molecular complexity index is 1090. The third kappa shape index (κ3) is 10.9. The van der Waals surface area contributed by atoms with Crippen molar-refractivity contribution >= 4 is 35.5 Å². The van der Waals surface area contributed by atoms with E-state index in [9.17, 15) is 19.2 Å². The summed E-state index contributed by atoms with van der Waals surface area (Å²) < 4.78 is 10.4. The lowest BCUT2D eigenvalue weighted by molar-refractivity contribution is -0.139. The number of benzene rings is 1. The summed E-state index contributed by atoms with van der Waals surface area (Å²) in [5, 5.41) is 19.4. The average molecular weight is 565 g/mol. The number of carboxylic acids is 2. The number of nitrogens with one attached hydrogen (secondary N) is 1. The van der Waals surface area contributed by atoms with Crippen LogP contribution in [-0.4, -0.2) is 54.4 Å². The molecule has 1 aromatic carbocycles. The Morgan fingerprint density at radius 1 is 0.974 bits per heavy atom. The van der Waals surface area contributed by atoms with E-state index >= 15 is 0 Å². The SMILES string of the molecule is CCOC(=O)C1=C(CCCCCCCN)NC(C)=C(C(=O)OC)[C@H]1c1ccccc1Cl.O=C(O)/C=C/C(=O)O. The number of dihydropyridines is 1. The van der Waals surface area contributed by atoms with Gasteiger partial charge in [0.2, 0.25) is 0 Å². The predicted octanol–water partition coefficient (Wildman–Crippen LogP) is 4.30. The fourth-order valence-corrected chi connectivity index (χ4v) is 4.31. The van der Waals surface area contributed by atoms with E-state index in [1.807, 2.05) is 25.1 Å². The summed E-state index contributed by atoms with van der Waals surface area (Å²) >= 11 is 6.51. The topological polar surface area (TPSA) is 165 Å². The summed E-state index contributed by atoms with van der Waals surface area (Å²) in [5.74, 6) is -4.13. The number of hydrogen-bond acceptors (Lipinski definition) is 8. The monoisotopic (exact) mass is 564 g/mol. The molecule has 0 saturated carbocycles. The van der Waals surface area contributed by atoms with Crippen molar-refractivity contribution in [2.24, 2.45) is 5.73 Å². The maximum absolute atomic E-state index is 13.1. The Hall–Kier alpha value is -3.63. The van der Waals surface area contributed by atoms with Crippen molar-refractivity contribution in [2.75, 3.05) is 20.3 Å². The molecule has 1 aliphatic rings. The Morgan fingerprint density at radius 2 is 1.56 bits per heavy atom. The lowest BCUT2D eigenvalue weighted by atomic mass is 9.79. The van der Waals surface area contributed by atoms with E-state index in [2.05, 4.69) is 5.32 Å². The molecule has 0 fully saturated rings. The molecule has 2 rings (SSSR count). The minimum absolute atomic E-state index is 0.236. The Kier molecular flexibility index (Phi) is 15.2. The summed E-state index contributed by atoms with van der Waals surface area (Å²) in [6.45, 7) is 4.53. The van der Waals surface area contributed by atoms with Crippen molar-refractivity contribution in [3.8, 4) is 0 Å². The van der Waals surface area contributed by atoms with Gasteiger partial charge in [-0.3, -0.25) is 0 Å². The zero-order valence-electron chi connectivity index (χ0n) is 22.5. The van der Waals surface area contributed by atoms with Gasteiger partial charge < -0.3 is 30.7 Å². The van der Waals surface area contributed by atoms with Crippen LogP contribution < -0.4 is 11.1 Å². The van der Waals surface area contributed by atoms with Crippen LogP contribution in [0.3, 0.4) is 0 Å². The first-order valence-corrected chi connectivity index (χ1v) is 13.0. The number of ether oxygens (including phenoxy) is 2. The molecular weight excluding hydrogens is 528 g/mol. The van der Waals surface area contributed by atoms with E-state index in [0.717, 1.165) is 37.8 Å². The number of carboxylic acid groups (broad SMARTS) is 2. The van der Waals surface area contributed by atoms with Crippen molar-refractivity contribution < 1.29 is 38.9 Å². The number of hydrogen-bond donors (Lipinski definition) is 4. The first kappa shape index (κ1) is 33.4. The highest BCUT2D eigenvalue weighted by atomic mass is 35.5. The van der Waals surface area contributed by atoms with Crippen LogP contribution in [-0.2, 0) is 28.7 Å². The number of rotatable bonds is 13. The molecule has 0 radical (unpaired) electrons. The number of methoxy groups -OCH3 is 1. The molecule has 0 amide bonds. The Labute approximate surface area is 233 Å². The molecule has 11 heteroatoms. The second-order valence-electron chi connectivity index (χ2n) is 8.54. The van der Waals surface area contributed by atoms with Gasteiger partial charge in [0.1, 0.15) is 0 Å². The molecule has 0 bridgehead atoms. The van der Waals surface area contributed by atoms with Crippen LogP contribution in [0.1, 0.15) is 63.9 Å². The van der Waals surface area contributed by atoms with E-state index in [4.69, 9.17) is 37.0 Å².